The molecule has 20 heavy (non-hydrogen) atoms. The molecule has 2 rings (SSSR count). The summed E-state index contributed by atoms with van der Waals surface area (Å²) in [5.74, 6) is -1.13. The lowest BCUT2D eigenvalue weighted by molar-refractivity contribution is 0.102. The molecule has 0 atom stereocenters. The Hall–Kier alpha value is -2.56. The number of hydrogen-bond donors (Lipinski definition) is 2. The lowest BCUT2D eigenvalue weighted by Gasteiger charge is -2.14. The van der Waals surface area contributed by atoms with Crippen LogP contribution in [0.2, 0.25) is 0 Å². The molecule has 0 unspecified atom stereocenters. The number of rotatable bonds is 3. The fraction of sp³-hybridized carbons (Fsp3) is 0.133. The van der Waals surface area contributed by atoms with Crippen molar-refractivity contribution in [1.29, 1.82) is 0 Å². The Kier molecular flexibility index (Phi) is 3.89. The van der Waals surface area contributed by atoms with Crippen molar-refractivity contribution in [2.24, 2.45) is 0 Å². The minimum atomic E-state index is -0.633. The summed E-state index contributed by atoms with van der Waals surface area (Å²) < 4.78 is 13.7. The molecular formula is C15H16FN3O. The van der Waals surface area contributed by atoms with Crippen molar-refractivity contribution < 1.29 is 9.18 Å². The van der Waals surface area contributed by atoms with Gasteiger partial charge in [-0.25, -0.2) is 4.39 Å². The number of nitrogens with one attached hydrogen (secondary N) is 1. The van der Waals surface area contributed by atoms with Crippen LogP contribution in [0.1, 0.15) is 10.4 Å². The molecule has 4 nitrogen and oxygen atoms in total. The molecule has 0 spiro atoms. The minimum Gasteiger partial charge on any atom is -0.399 e. The number of halogens is 1. The number of anilines is 3. The molecule has 3 N–H and O–H groups in total. The van der Waals surface area contributed by atoms with Crippen LogP contribution >= 0.6 is 0 Å². The molecule has 0 bridgehead atoms. The van der Waals surface area contributed by atoms with Crippen molar-refractivity contribution in [1.82, 2.24) is 0 Å². The molecule has 0 aliphatic carbocycles. The summed E-state index contributed by atoms with van der Waals surface area (Å²) in [6.45, 7) is 0. The van der Waals surface area contributed by atoms with E-state index in [1.807, 2.05) is 37.2 Å². The summed E-state index contributed by atoms with van der Waals surface area (Å²) in [5.41, 5.74) is 7.26. The standard InChI is InChI=1S/C15H16FN3O/c1-19(2)12-5-3-4-11(9-12)18-15(20)13-7-6-10(17)8-14(13)16/h3-9H,17H2,1-2H3,(H,18,20). The van der Waals surface area contributed by atoms with Gasteiger partial charge in [-0.05, 0) is 36.4 Å². The Morgan fingerprint density at radius 3 is 2.60 bits per heavy atom. The van der Waals surface area contributed by atoms with E-state index in [-0.39, 0.29) is 11.3 Å². The Labute approximate surface area is 117 Å². The quantitative estimate of drug-likeness (QED) is 0.845. The lowest BCUT2D eigenvalue weighted by Crippen LogP contribution is -2.15. The van der Waals surface area contributed by atoms with Gasteiger partial charge in [0.05, 0.1) is 5.56 Å². The molecule has 0 saturated heterocycles. The summed E-state index contributed by atoms with van der Waals surface area (Å²) in [7, 11) is 3.81. The lowest BCUT2D eigenvalue weighted by atomic mass is 10.1. The molecule has 0 radical (unpaired) electrons. The molecule has 104 valence electrons. The zero-order valence-corrected chi connectivity index (χ0v) is 11.4. The SMILES string of the molecule is CN(C)c1cccc(NC(=O)c2ccc(N)cc2F)c1. The van der Waals surface area contributed by atoms with Crippen LogP contribution in [-0.4, -0.2) is 20.0 Å². The molecule has 0 aliphatic heterocycles. The van der Waals surface area contributed by atoms with Crippen LogP contribution in [0.5, 0.6) is 0 Å². The third-order valence-electron chi connectivity index (χ3n) is 2.86. The van der Waals surface area contributed by atoms with Crippen LogP contribution in [0.25, 0.3) is 0 Å². The molecule has 5 heteroatoms. The van der Waals surface area contributed by atoms with Crippen LogP contribution in [0, 0.1) is 5.82 Å². The summed E-state index contributed by atoms with van der Waals surface area (Å²) in [6.07, 6.45) is 0. The van der Waals surface area contributed by atoms with Gasteiger partial charge in [-0.1, -0.05) is 6.07 Å². The van der Waals surface area contributed by atoms with E-state index >= 15 is 0 Å². The average Bonchev–Trinajstić information content (AvgIpc) is 2.38. The van der Waals surface area contributed by atoms with Gasteiger partial charge in [-0.2, -0.15) is 0 Å². The van der Waals surface area contributed by atoms with Gasteiger partial charge >= 0.3 is 0 Å². The van der Waals surface area contributed by atoms with Crippen molar-refractivity contribution in [3.8, 4) is 0 Å². The number of carbonyl (C=O) groups excluding carboxylic acids is 1. The molecule has 2 aromatic rings. The largest absolute Gasteiger partial charge is 0.399 e. The van der Waals surface area contributed by atoms with Crippen molar-refractivity contribution in [2.75, 3.05) is 30.0 Å². The number of nitrogens with zero attached hydrogens (tertiary/aromatic N) is 1. The van der Waals surface area contributed by atoms with Gasteiger partial charge in [0.2, 0.25) is 0 Å². The number of carbonyl (C=O) groups is 1. The first-order valence-electron chi connectivity index (χ1n) is 6.11. The second-order valence-electron chi connectivity index (χ2n) is 4.64. The minimum absolute atomic E-state index is 0.0329. The Morgan fingerprint density at radius 2 is 1.95 bits per heavy atom. The third kappa shape index (κ3) is 3.06. The number of amides is 1. The van der Waals surface area contributed by atoms with E-state index < -0.39 is 11.7 Å². The average molecular weight is 273 g/mol. The van der Waals surface area contributed by atoms with E-state index in [0.29, 0.717) is 5.69 Å². The van der Waals surface area contributed by atoms with Gasteiger partial charge in [0.25, 0.3) is 5.91 Å². The zero-order chi connectivity index (χ0) is 14.7. The Morgan fingerprint density at radius 1 is 1.20 bits per heavy atom. The number of hydrogen-bond acceptors (Lipinski definition) is 3. The van der Waals surface area contributed by atoms with E-state index in [4.69, 9.17) is 5.73 Å². The van der Waals surface area contributed by atoms with Gasteiger partial charge in [0, 0.05) is 31.2 Å². The van der Waals surface area contributed by atoms with Crippen molar-refractivity contribution in [3.05, 3.63) is 53.8 Å². The highest BCUT2D eigenvalue weighted by atomic mass is 19.1. The highest BCUT2D eigenvalue weighted by Crippen LogP contribution is 2.19. The first-order valence-corrected chi connectivity index (χ1v) is 6.11. The number of nitrogens with two attached hydrogens (primary N) is 1. The Balaban J connectivity index is 2.21. The summed E-state index contributed by atoms with van der Waals surface area (Å²) in [5, 5.41) is 2.67. The maximum Gasteiger partial charge on any atom is 0.258 e. The smallest absolute Gasteiger partial charge is 0.258 e. The van der Waals surface area contributed by atoms with Gasteiger partial charge in [0.15, 0.2) is 0 Å². The molecular weight excluding hydrogens is 257 g/mol. The fourth-order valence-corrected chi connectivity index (χ4v) is 1.78. The van der Waals surface area contributed by atoms with Crippen LogP contribution in [0.15, 0.2) is 42.5 Å². The molecule has 0 aliphatic rings. The fourth-order valence-electron chi connectivity index (χ4n) is 1.78. The first kappa shape index (κ1) is 13.9. The Bertz CT molecular complexity index is 641. The second kappa shape index (κ2) is 5.61. The van der Waals surface area contributed by atoms with E-state index in [9.17, 15) is 9.18 Å². The maximum absolute atomic E-state index is 13.7. The molecule has 0 aromatic heterocycles. The number of nitrogen functional groups attached to an aromatic ring is 1. The van der Waals surface area contributed by atoms with Crippen LogP contribution in [-0.2, 0) is 0 Å². The maximum atomic E-state index is 13.7. The first-order chi connectivity index (χ1) is 9.47. The van der Waals surface area contributed by atoms with Crippen LogP contribution in [0.3, 0.4) is 0 Å². The summed E-state index contributed by atoms with van der Waals surface area (Å²) >= 11 is 0. The predicted molar refractivity (Wildman–Crippen MR) is 79.5 cm³/mol. The second-order valence-corrected chi connectivity index (χ2v) is 4.64. The topological polar surface area (TPSA) is 58.4 Å². The van der Waals surface area contributed by atoms with Crippen molar-refractivity contribution in [2.45, 2.75) is 0 Å². The van der Waals surface area contributed by atoms with Crippen LogP contribution < -0.4 is 16.0 Å². The monoisotopic (exact) mass is 273 g/mol. The van der Waals surface area contributed by atoms with Crippen molar-refractivity contribution >= 4 is 23.0 Å². The van der Waals surface area contributed by atoms with Gasteiger partial charge in [0.1, 0.15) is 5.82 Å². The van der Waals surface area contributed by atoms with Gasteiger partial charge < -0.3 is 16.0 Å². The molecule has 0 heterocycles. The molecule has 0 saturated carbocycles. The predicted octanol–water partition coefficient (Wildman–Crippen LogP) is 2.73. The van der Waals surface area contributed by atoms with Gasteiger partial charge in [-0.15, -0.1) is 0 Å². The highest BCUT2D eigenvalue weighted by molar-refractivity contribution is 6.04. The summed E-state index contributed by atoms with van der Waals surface area (Å²) in [4.78, 5) is 13.9. The highest BCUT2D eigenvalue weighted by Gasteiger charge is 2.12. The van der Waals surface area contributed by atoms with Gasteiger partial charge in [-0.3, -0.25) is 4.79 Å². The third-order valence-corrected chi connectivity index (χ3v) is 2.86. The van der Waals surface area contributed by atoms with E-state index in [1.165, 1.54) is 12.1 Å². The normalized spacial score (nSPS) is 10.2. The number of benzene rings is 2. The molecule has 2 aromatic carbocycles. The van der Waals surface area contributed by atoms with E-state index in [0.717, 1.165) is 11.8 Å². The van der Waals surface area contributed by atoms with Crippen LogP contribution in [0.4, 0.5) is 21.5 Å². The summed E-state index contributed by atoms with van der Waals surface area (Å²) in [6, 6.07) is 11.3. The zero-order valence-electron chi connectivity index (χ0n) is 11.4. The molecule has 1 amide bonds. The van der Waals surface area contributed by atoms with Crippen molar-refractivity contribution in [3.63, 3.8) is 0 Å². The van der Waals surface area contributed by atoms with E-state index in [1.54, 1.807) is 6.07 Å². The molecule has 0 fully saturated rings. The van der Waals surface area contributed by atoms with E-state index in [2.05, 4.69) is 5.32 Å².